The lowest BCUT2D eigenvalue weighted by atomic mass is 10.1. The number of hydrogen-bond donors (Lipinski definition) is 0. The van der Waals surface area contributed by atoms with Gasteiger partial charge in [0.2, 0.25) is 0 Å². The molecule has 0 unspecified atom stereocenters. The Bertz CT molecular complexity index is 873. The average Bonchev–Trinajstić information content (AvgIpc) is 2.55. The van der Waals surface area contributed by atoms with Crippen molar-refractivity contribution in [1.29, 1.82) is 0 Å². The molecule has 0 N–H and O–H groups in total. The van der Waals surface area contributed by atoms with Gasteiger partial charge in [-0.05, 0) is 43.8 Å². The Morgan fingerprint density at radius 1 is 1.22 bits per heavy atom. The number of rotatable bonds is 4. The lowest BCUT2D eigenvalue weighted by molar-refractivity contribution is 0.250. The normalized spacial score (nSPS) is 12.7. The van der Waals surface area contributed by atoms with Crippen molar-refractivity contribution in [2.24, 2.45) is 0 Å². The molecule has 2 aromatic heterocycles. The Hall–Kier alpha value is -2.17. The van der Waals surface area contributed by atoms with E-state index in [-0.39, 0.29) is 11.6 Å². The maximum atomic E-state index is 12.1. The van der Waals surface area contributed by atoms with E-state index in [2.05, 4.69) is 16.8 Å². The van der Waals surface area contributed by atoms with Crippen LogP contribution in [-0.2, 0) is 6.54 Å². The molecule has 23 heavy (non-hydrogen) atoms. The van der Waals surface area contributed by atoms with Gasteiger partial charge in [-0.2, -0.15) is 0 Å². The predicted octanol–water partition coefficient (Wildman–Crippen LogP) is 3.54. The summed E-state index contributed by atoms with van der Waals surface area (Å²) in [5.74, 6) is 0. The third-order valence-electron chi connectivity index (χ3n) is 4.05. The summed E-state index contributed by atoms with van der Waals surface area (Å²) in [7, 11) is 2.02. The monoisotopic (exact) mass is 327 g/mol. The van der Waals surface area contributed by atoms with E-state index in [1.165, 1.54) is 5.56 Å². The van der Waals surface area contributed by atoms with Gasteiger partial charge in [0.05, 0.1) is 5.69 Å². The third kappa shape index (κ3) is 3.44. The molecule has 3 aromatic rings. The quantitative estimate of drug-likeness (QED) is 0.735. The van der Waals surface area contributed by atoms with Gasteiger partial charge in [-0.1, -0.05) is 29.8 Å². The van der Waals surface area contributed by atoms with Crippen molar-refractivity contribution in [3.05, 3.63) is 81.4 Å². The fourth-order valence-corrected chi connectivity index (χ4v) is 2.70. The first-order chi connectivity index (χ1) is 11.0. The van der Waals surface area contributed by atoms with Crippen LogP contribution in [-0.4, -0.2) is 21.3 Å². The van der Waals surface area contributed by atoms with Gasteiger partial charge in [0.25, 0.3) is 5.56 Å². The molecule has 0 saturated heterocycles. The Kier molecular flexibility index (Phi) is 4.46. The third-order valence-corrected chi connectivity index (χ3v) is 4.30. The number of fused-ring (bicyclic) bond motifs is 1. The number of pyridine rings is 1. The molecule has 2 heterocycles. The number of benzene rings is 1. The fraction of sp³-hybridized carbons (Fsp3) is 0.222. The largest absolute Gasteiger partial charge is 0.294 e. The molecule has 4 nitrogen and oxygen atoms in total. The lowest BCUT2D eigenvalue weighted by Crippen LogP contribution is -2.24. The summed E-state index contributed by atoms with van der Waals surface area (Å²) in [5, 5.41) is 0.729. The first-order valence-electron chi connectivity index (χ1n) is 7.47. The Morgan fingerprint density at radius 3 is 2.70 bits per heavy atom. The highest BCUT2D eigenvalue weighted by Crippen LogP contribution is 2.21. The molecular formula is C18H18ClN3O. The van der Waals surface area contributed by atoms with Crippen molar-refractivity contribution in [3.8, 4) is 0 Å². The molecule has 0 aliphatic rings. The van der Waals surface area contributed by atoms with E-state index in [4.69, 9.17) is 11.6 Å². The van der Waals surface area contributed by atoms with Crippen LogP contribution in [0.2, 0.25) is 5.02 Å². The molecule has 1 aromatic carbocycles. The Balaban J connectivity index is 1.83. The highest BCUT2D eigenvalue weighted by atomic mass is 35.5. The molecule has 3 rings (SSSR count). The van der Waals surface area contributed by atoms with Crippen LogP contribution in [0, 0.1) is 0 Å². The van der Waals surface area contributed by atoms with Crippen LogP contribution in [0.3, 0.4) is 0 Å². The minimum absolute atomic E-state index is 0.0573. The molecule has 0 saturated carbocycles. The summed E-state index contributed by atoms with van der Waals surface area (Å²) in [4.78, 5) is 18.9. The second-order valence-electron chi connectivity index (χ2n) is 5.66. The second kappa shape index (κ2) is 6.52. The van der Waals surface area contributed by atoms with E-state index in [9.17, 15) is 4.79 Å². The van der Waals surface area contributed by atoms with Gasteiger partial charge in [0.1, 0.15) is 5.65 Å². The smallest absolute Gasteiger partial charge is 0.258 e. The number of halogens is 1. The lowest BCUT2D eigenvalue weighted by Gasteiger charge is -2.24. The summed E-state index contributed by atoms with van der Waals surface area (Å²) in [6.45, 7) is 2.72. The molecule has 0 fully saturated rings. The van der Waals surface area contributed by atoms with Crippen LogP contribution in [0.15, 0.2) is 59.5 Å². The zero-order chi connectivity index (χ0) is 16.4. The first kappa shape index (κ1) is 15.7. The molecule has 5 heteroatoms. The average molecular weight is 328 g/mol. The van der Waals surface area contributed by atoms with E-state index in [1.807, 2.05) is 49.5 Å². The molecular weight excluding hydrogens is 310 g/mol. The van der Waals surface area contributed by atoms with Crippen molar-refractivity contribution in [2.75, 3.05) is 7.05 Å². The van der Waals surface area contributed by atoms with Gasteiger partial charge in [-0.3, -0.25) is 14.1 Å². The second-order valence-corrected chi connectivity index (χ2v) is 6.09. The highest BCUT2D eigenvalue weighted by Gasteiger charge is 2.13. The van der Waals surface area contributed by atoms with Crippen LogP contribution in [0.1, 0.15) is 24.2 Å². The standard InChI is InChI=1S/C18H18ClN3O/c1-13(14-6-8-15(19)9-7-14)21(2)12-16-11-18(23)22-10-4-3-5-17(22)20-16/h3-11,13H,12H2,1-2H3/t13-/m0/s1. The Labute approximate surface area is 140 Å². The molecule has 118 valence electrons. The van der Waals surface area contributed by atoms with E-state index < -0.39 is 0 Å². The summed E-state index contributed by atoms with van der Waals surface area (Å²) in [6, 6.07) is 15.2. The van der Waals surface area contributed by atoms with Crippen molar-refractivity contribution >= 4 is 17.2 Å². The predicted molar refractivity (Wildman–Crippen MR) is 92.8 cm³/mol. The SMILES string of the molecule is C[C@@H](c1ccc(Cl)cc1)N(C)Cc1cc(=O)n2ccccc2n1. The molecule has 0 amide bonds. The minimum Gasteiger partial charge on any atom is -0.294 e. The zero-order valence-electron chi connectivity index (χ0n) is 13.1. The summed E-state index contributed by atoms with van der Waals surface area (Å²) in [5.41, 5.74) is 2.56. The maximum Gasteiger partial charge on any atom is 0.258 e. The van der Waals surface area contributed by atoms with E-state index in [1.54, 1.807) is 16.7 Å². The molecule has 0 radical (unpaired) electrons. The summed E-state index contributed by atoms with van der Waals surface area (Å²) in [6.07, 6.45) is 1.73. The van der Waals surface area contributed by atoms with Crippen LogP contribution in [0.25, 0.3) is 5.65 Å². The molecule has 0 aliphatic heterocycles. The molecule has 0 aliphatic carbocycles. The summed E-state index contributed by atoms with van der Waals surface area (Å²) < 4.78 is 1.55. The maximum absolute atomic E-state index is 12.1. The highest BCUT2D eigenvalue weighted by molar-refractivity contribution is 6.30. The van der Waals surface area contributed by atoms with Crippen molar-refractivity contribution < 1.29 is 0 Å². The van der Waals surface area contributed by atoms with Crippen LogP contribution < -0.4 is 5.56 Å². The number of hydrogen-bond acceptors (Lipinski definition) is 3. The first-order valence-corrected chi connectivity index (χ1v) is 7.85. The van der Waals surface area contributed by atoms with Crippen LogP contribution in [0.5, 0.6) is 0 Å². The summed E-state index contributed by atoms with van der Waals surface area (Å²) >= 11 is 5.94. The number of nitrogens with zero attached hydrogens (tertiary/aromatic N) is 3. The zero-order valence-corrected chi connectivity index (χ0v) is 13.9. The molecule has 1 atom stereocenters. The van der Waals surface area contributed by atoms with E-state index >= 15 is 0 Å². The van der Waals surface area contributed by atoms with Crippen LogP contribution in [0.4, 0.5) is 0 Å². The molecule has 0 bridgehead atoms. The van der Waals surface area contributed by atoms with Crippen molar-refractivity contribution in [2.45, 2.75) is 19.5 Å². The van der Waals surface area contributed by atoms with Crippen LogP contribution >= 0.6 is 11.6 Å². The minimum atomic E-state index is -0.0573. The fourth-order valence-electron chi connectivity index (χ4n) is 2.57. The van der Waals surface area contributed by atoms with Crippen molar-refractivity contribution in [1.82, 2.24) is 14.3 Å². The van der Waals surface area contributed by atoms with Gasteiger partial charge in [0.15, 0.2) is 0 Å². The van der Waals surface area contributed by atoms with E-state index in [0.29, 0.717) is 12.2 Å². The van der Waals surface area contributed by atoms with Crippen molar-refractivity contribution in [3.63, 3.8) is 0 Å². The molecule has 0 spiro atoms. The van der Waals surface area contributed by atoms with Gasteiger partial charge < -0.3 is 0 Å². The topological polar surface area (TPSA) is 37.6 Å². The van der Waals surface area contributed by atoms with Gasteiger partial charge in [0, 0.05) is 29.9 Å². The Morgan fingerprint density at radius 2 is 1.96 bits per heavy atom. The number of aromatic nitrogens is 2. The van der Waals surface area contributed by atoms with Gasteiger partial charge in [-0.25, -0.2) is 4.98 Å². The van der Waals surface area contributed by atoms with Gasteiger partial charge >= 0.3 is 0 Å². The van der Waals surface area contributed by atoms with Gasteiger partial charge in [-0.15, -0.1) is 0 Å². The van der Waals surface area contributed by atoms with E-state index in [0.717, 1.165) is 10.7 Å².